The highest BCUT2D eigenvalue weighted by molar-refractivity contribution is 5.66. The zero-order chi connectivity index (χ0) is 23.1. The summed E-state index contributed by atoms with van der Waals surface area (Å²) in [6.45, 7) is 7.51. The molecule has 1 N–H and O–H groups in total. The Morgan fingerprint density at radius 2 is 1.82 bits per heavy atom. The van der Waals surface area contributed by atoms with Gasteiger partial charge in [-0.3, -0.25) is 4.90 Å². The third kappa shape index (κ3) is 4.05. The van der Waals surface area contributed by atoms with Crippen LogP contribution in [0.2, 0.25) is 0 Å². The highest BCUT2D eigenvalue weighted by Gasteiger charge is 2.41. The second-order valence-electron chi connectivity index (χ2n) is 9.40. The lowest BCUT2D eigenvalue weighted by molar-refractivity contribution is 0.122. The maximum Gasteiger partial charge on any atom is 0.227 e. The van der Waals surface area contributed by atoms with Gasteiger partial charge in [-0.1, -0.05) is 0 Å². The third-order valence-electron chi connectivity index (χ3n) is 7.16. The van der Waals surface area contributed by atoms with E-state index in [2.05, 4.69) is 67.1 Å². The maximum atomic E-state index is 5.41. The topological polar surface area (TPSA) is 82.5 Å². The van der Waals surface area contributed by atoms with Gasteiger partial charge in [-0.15, -0.1) is 0 Å². The van der Waals surface area contributed by atoms with Crippen LogP contribution in [0.25, 0.3) is 11.3 Å². The average Bonchev–Trinajstić information content (AvgIpc) is 3.45. The normalized spacial score (nSPS) is 22.4. The second-order valence-corrected chi connectivity index (χ2v) is 9.40. The number of nitrogens with one attached hydrogen (secondary N) is 1. The highest BCUT2D eigenvalue weighted by atomic mass is 16.5. The summed E-state index contributed by atoms with van der Waals surface area (Å²) in [5, 5.41) is 3.36. The van der Waals surface area contributed by atoms with Crippen LogP contribution in [0.5, 0.6) is 0 Å². The molecule has 34 heavy (non-hydrogen) atoms. The number of rotatable bonds is 5. The molecule has 3 fully saturated rings. The molecule has 2 unspecified atom stereocenters. The van der Waals surface area contributed by atoms with Crippen LogP contribution in [0.15, 0.2) is 42.9 Å². The third-order valence-corrected chi connectivity index (χ3v) is 7.16. The van der Waals surface area contributed by atoms with Crippen LogP contribution < -0.4 is 15.1 Å². The van der Waals surface area contributed by atoms with Crippen molar-refractivity contribution in [2.45, 2.75) is 25.4 Å². The number of morpholine rings is 1. The zero-order valence-electron chi connectivity index (χ0n) is 19.7. The number of anilines is 4. The Labute approximate surface area is 199 Å². The zero-order valence-corrected chi connectivity index (χ0v) is 19.7. The molecule has 0 aliphatic carbocycles. The van der Waals surface area contributed by atoms with Gasteiger partial charge in [-0.05, 0) is 50.2 Å². The molecule has 176 valence electrons. The van der Waals surface area contributed by atoms with Gasteiger partial charge >= 0.3 is 0 Å². The van der Waals surface area contributed by atoms with E-state index in [0.29, 0.717) is 31.2 Å². The monoisotopic (exact) mass is 458 g/mol. The van der Waals surface area contributed by atoms with Crippen molar-refractivity contribution in [1.29, 1.82) is 0 Å². The summed E-state index contributed by atoms with van der Waals surface area (Å²) in [4.78, 5) is 25.4. The van der Waals surface area contributed by atoms with E-state index < -0.39 is 0 Å². The van der Waals surface area contributed by atoms with Gasteiger partial charge in [0.25, 0.3) is 0 Å². The quantitative estimate of drug-likeness (QED) is 0.620. The Kier molecular flexibility index (Phi) is 5.50. The molecule has 9 heteroatoms. The molecule has 0 spiro atoms. The van der Waals surface area contributed by atoms with E-state index >= 15 is 0 Å². The number of hydrogen-bond donors (Lipinski definition) is 1. The van der Waals surface area contributed by atoms with Crippen molar-refractivity contribution >= 4 is 23.3 Å². The summed E-state index contributed by atoms with van der Waals surface area (Å²) in [7, 11) is 2.24. The van der Waals surface area contributed by atoms with Gasteiger partial charge in [-0.25, -0.2) is 19.9 Å². The standard InChI is InChI=1S/C25H30N8O/c1-17-11-19(3-4-23(17)33-16-20-12-21(33)15-31(20)2)29-24-26-6-5-22(30-24)18-13-27-25(28-14-18)32-7-9-34-10-8-32/h3-6,11,13-14,20-21H,7-10,12,15-16H2,1-2H3,(H,26,29,30). The fraction of sp³-hybridized carbons (Fsp3) is 0.440. The highest BCUT2D eigenvalue weighted by Crippen LogP contribution is 2.36. The first-order valence-electron chi connectivity index (χ1n) is 12.0. The average molecular weight is 459 g/mol. The molecule has 0 amide bonds. The molecule has 2 bridgehead atoms. The molecule has 9 nitrogen and oxygen atoms in total. The number of fused-ring (bicyclic) bond motifs is 2. The molecule has 0 saturated carbocycles. The van der Waals surface area contributed by atoms with Crippen LogP contribution in [0.4, 0.5) is 23.3 Å². The summed E-state index contributed by atoms with van der Waals surface area (Å²) < 4.78 is 5.41. The molecule has 6 rings (SSSR count). The summed E-state index contributed by atoms with van der Waals surface area (Å²) in [5.74, 6) is 1.29. The minimum Gasteiger partial charge on any atom is -0.378 e. The number of ether oxygens (including phenoxy) is 1. The molecule has 2 atom stereocenters. The van der Waals surface area contributed by atoms with Gasteiger partial charge in [0.05, 0.1) is 18.9 Å². The molecule has 3 aliphatic rings. The smallest absolute Gasteiger partial charge is 0.227 e. The van der Waals surface area contributed by atoms with E-state index in [4.69, 9.17) is 9.72 Å². The van der Waals surface area contributed by atoms with Crippen molar-refractivity contribution in [3.05, 3.63) is 48.4 Å². The lowest BCUT2D eigenvalue weighted by Gasteiger charge is -2.34. The van der Waals surface area contributed by atoms with Crippen molar-refractivity contribution in [2.24, 2.45) is 0 Å². The Hall–Kier alpha value is -3.30. The molecule has 5 heterocycles. The molecule has 3 aliphatic heterocycles. The van der Waals surface area contributed by atoms with Crippen LogP contribution in [-0.4, -0.2) is 83.4 Å². The molecular weight excluding hydrogens is 428 g/mol. The van der Waals surface area contributed by atoms with E-state index in [1.807, 2.05) is 18.5 Å². The van der Waals surface area contributed by atoms with Crippen molar-refractivity contribution in [3.63, 3.8) is 0 Å². The van der Waals surface area contributed by atoms with Crippen LogP contribution >= 0.6 is 0 Å². The van der Waals surface area contributed by atoms with Crippen LogP contribution in [0.3, 0.4) is 0 Å². The Balaban J connectivity index is 1.16. The van der Waals surface area contributed by atoms with Crippen molar-refractivity contribution in [3.8, 4) is 11.3 Å². The number of likely N-dealkylation sites (tertiary alicyclic amines) is 1. The number of aryl methyl sites for hydroxylation is 1. The summed E-state index contributed by atoms with van der Waals surface area (Å²) in [6.07, 6.45) is 6.68. The second kappa shape index (κ2) is 8.81. The Morgan fingerprint density at radius 1 is 1.00 bits per heavy atom. The first-order valence-corrected chi connectivity index (χ1v) is 12.0. The Bertz CT molecular complexity index is 1160. The number of nitrogens with zero attached hydrogens (tertiary/aromatic N) is 7. The number of aromatic nitrogens is 4. The fourth-order valence-electron chi connectivity index (χ4n) is 5.31. The number of benzene rings is 1. The van der Waals surface area contributed by atoms with Crippen LogP contribution in [0, 0.1) is 6.92 Å². The van der Waals surface area contributed by atoms with Crippen molar-refractivity contribution in [1.82, 2.24) is 24.8 Å². The van der Waals surface area contributed by atoms with Gasteiger partial charge in [0, 0.05) is 73.8 Å². The van der Waals surface area contributed by atoms with Crippen molar-refractivity contribution < 1.29 is 4.74 Å². The Morgan fingerprint density at radius 3 is 2.53 bits per heavy atom. The first kappa shape index (κ1) is 21.2. The molecule has 3 saturated heterocycles. The molecule has 0 radical (unpaired) electrons. The summed E-state index contributed by atoms with van der Waals surface area (Å²) >= 11 is 0. The molecule has 3 aromatic rings. The van der Waals surface area contributed by atoms with Gasteiger partial charge in [0.2, 0.25) is 11.9 Å². The lowest BCUT2D eigenvalue weighted by Crippen LogP contribution is -2.44. The summed E-state index contributed by atoms with van der Waals surface area (Å²) in [6, 6.07) is 9.72. The first-order chi connectivity index (χ1) is 16.6. The van der Waals surface area contributed by atoms with E-state index in [1.54, 1.807) is 6.20 Å². The van der Waals surface area contributed by atoms with Crippen molar-refractivity contribution in [2.75, 3.05) is 61.6 Å². The van der Waals surface area contributed by atoms with E-state index in [9.17, 15) is 0 Å². The van der Waals surface area contributed by atoms with E-state index in [0.717, 1.165) is 49.1 Å². The van der Waals surface area contributed by atoms with Gasteiger partial charge in [0.15, 0.2) is 0 Å². The maximum absolute atomic E-state index is 5.41. The SMILES string of the molecule is Cc1cc(Nc2nccc(-c3cnc(N4CCOCC4)nc3)n2)ccc1N1CC2CC1CN2C. The predicted octanol–water partition coefficient (Wildman–Crippen LogP) is 2.71. The number of piperazine rings is 1. The van der Waals surface area contributed by atoms with Crippen LogP contribution in [0.1, 0.15) is 12.0 Å². The van der Waals surface area contributed by atoms with E-state index in [-0.39, 0.29) is 0 Å². The fourth-order valence-corrected chi connectivity index (χ4v) is 5.31. The minimum atomic E-state index is 0.559. The largest absolute Gasteiger partial charge is 0.378 e. The minimum absolute atomic E-state index is 0.559. The molecule has 2 aromatic heterocycles. The van der Waals surface area contributed by atoms with Gasteiger partial charge in [-0.2, -0.15) is 0 Å². The lowest BCUT2D eigenvalue weighted by atomic mass is 10.1. The van der Waals surface area contributed by atoms with Gasteiger partial charge < -0.3 is 19.9 Å². The number of hydrogen-bond acceptors (Lipinski definition) is 9. The van der Waals surface area contributed by atoms with Crippen LogP contribution in [-0.2, 0) is 4.74 Å². The number of likely N-dealkylation sites (N-methyl/N-ethyl adjacent to an activating group) is 1. The predicted molar refractivity (Wildman–Crippen MR) is 133 cm³/mol. The molecular formula is C25H30N8O. The summed E-state index contributed by atoms with van der Waals surface area (Å²) in [5.41, 5.74) is 5.24. The van der Waals surface area contributed by atoms with Gasteiger partial charge in [0.1, 0.15) is 0 Å². The van der Waals surface area contributed by atoms with E-state index in [1.165, 1.54) is 17.7 Å². The molecule has 1 aromatic carbocycles.